The van der Waals surface area contributed by atoms with Crippen molar-refractivity contribution in [2.45, 2.75) is 22.7 Å². The van der Waals surface area contributed by atoms with Crippen LogP contribution in [0.1, 0.15) is 16.4 Å². The van der Waals surface area contributed by atoms with E-state index in [0.717, 1.165) is 16.9 Å². The van der Waals surface area contributed by atoms with Crippen molar-refractivity contribution in [2.75, 3.05) is 10.2 Å². The molecule has 4 heterocycles. The standard InChI is InChI=1S/C27H19ClN4O4S2/c28-16-8-10-18(11-9-16)32-24(34)21-20(15-5-4-12-29-13-15)23-26(37-22(21)25(32)35)31(27(36)38-23)14-19(33)30-17-6-2-1-3-7-17/h1-13,20-22H,14H2,(H,30,33)/t20-,21-,22+/m0/s1. The predicted molar refractivity (Wildman–Crippen MR) is 147 cm³/mol. The quantitative estimate of drug-likeness (QED) is 0.362. The number of carbonyl (C=O) groups excluding carboxylic acids is 3. The maximum absolute atomic E-state index is 13.8. The van der Waals surface area contributed by atoms with Crippen LogP contribution in [0.25, 0.3) is 0 Å². The maximum atomic E-state index is 13.8. The molecule has 1 N–H and O–H groups in total. The van der Waals surface area contributed by atoms with E-state index in [1.807, 2.05) is 12.1 Å². The van der Waals surface area contributed by atoms with Crippen LogP contribution in [0.5, 0.6) is 0 Å². The van der Waals surface area contributed by atoms with Gasteiger partial charge >= 0.3 is 4.87 Å². The summed E-state index contributed by atoms with van der Waals surface area (Å²) in [4.78, 5) is 59.2. The third-order valence-electron chi connectivity index (χ3n) is 6.54. The Balaban J connectivity index is 1.41. The number of fused-ring (bicyclic) bond motifs is 2. The number of pyridine rings is 1. The number of thiazole rings is 1. The zero-order chi connectivity index (χ0) is 26.4. The van der Waals surface area contributed by atoms with Gasteiger partial charge in [-0.15, -0.1) is 0 Å². The number of para-hydroxylation sites is 1. The van der Waals surface area contributed by atoms with Crippen molar-refractivity contribution in [3.05, 3.63) is 104 Å². The lowest BCUT2D eigenvalue weighted by Gasteiger charge is -2.30. The number of benzene rings is 2. The minimum atomic E-state index is -0.770. The monoisotopic (exact) mass is 562 g/mol. The van der Waals surface area contributed by atoms with Gasteiger partial charge in [0.2, 0.25) is 17.7 Å². The summed E-state index contributed by atoms with van der Waals surface area (Å²) in [6.45, 7) is -0.216. The summed E-state index contributed by atoms with van der Waals surface area (Å²) >= 11 is 8.19. The Hall–Kier alpha value is -3.73. The number of amides is 3. The molecule has 0 bridgehead atoms. The van der Waals surface area contributed by atoms with E-state index in [9.17, 15) is 19.2 Å². The number of nitrogens with one attached hydrogen (secondary N) is 1. The van der Waals surface area contributed by atoms with Crippen LogP contribution in [0.15, 0.2) is 88.9 Å². The Labute approximate surface area is 230 Å². The van der Waals surface area contributed by atoms with Crippen molar-refractivity contribution >= 4 is 63.8 Å². The van der Waals surface area contributed by atoms with Crippen molar-refractivity contribution in [2.24, 2.45) is 5.92 Å². The molecule has 2 aromatic heterocycles. The zero-order valence-electron chi connectivity index (χ0n) is 19.6. The Morgan fingerprint density at radius 1 is 0.974 bits per heavy atom. The Kier molecular flexibility index (Phi) is 6.38. The van der Waals surface area contributed by atoms with Gasteiger partial charge < -0.3 is 5.32 Å². The van der Waals surface area contributed by atoms with E-state index < -0.39 is 17.1 Å². The van der Waals surface area contributed by atoms with E-state index >= 15 is 0 Å². The Morgan fingerprint density at radius 3 is 2.45 bits per heavy atom. The molecule has 0 saturated carbocycles. The first-order valence-corrected chi connectivity index (χ1v) is 13.8. The number of carbonyl (C=O) groups is 3. The fraction of sp³-hybridized carbons (Fsp3) is 0.148. The van der Waals surface area contributed by atoms with Crippen LogP contribution in [-0.4, -0.2) is 32.5 Å². The molecule has 1 fully saturated rings. The topological polar surface area (TPSA) is 101 Å². The summed E-state index contributed by atoms with van der Waals surface area (Å²) in [5.74, 6) is -2.37. The van der Waals surface area contributed by atoms with E-state index in [1.54, 1.807) is 67.0 Å². The highest BCUT2D eigenvalue weighted by Crippen LogP contribution is 2.53. The molecule has 8 nitrogen and oxygen atoms in total. The second-order valence-electron chi connectivity index (χ2n) is 8.85. The number of anilines is 2. The average molecular weight is 563 g/mol. The van der Waals surface area contributed by atoms with Gasteiger partial charge in [0, 0.05) is 33.9 Å². The summed E-state index contributed by atoms with van der Waals surface area (Å²) in [7, 11) is 0. The molecule has 4 aromatic rings. The number of imide groups is 1. The summed E-state index contributed by atoms with van der Waals surface area (Å²) in [6.07, 6.45) is 3.28. The largest absolute Gasteiger partial charge is 0.325 e. The lowest BCUT2D eigenvalue weighted by atomic mass is 9.84. The predicted octanol–water partition coefficient (Wildman–Crippen LogP) is 4.39. The molecule has 6 rings (SSSR count). The fourth-order valence-electron chi connectivity index (χ4n) is 4.88. The maximum Gasteiger partial charge on any atom is 0.308 e. The Morgan fingerprint density at radius 2 is 1.74 bits per heavy atom. The molecule has 190 valence electrons. The van der Waals surface area contributed by atoms with E-state index in [1.165, 1.54) is 21.2 Å². The van der Waals surface area contributed by atoms with Gasteiger partial charge in [-0.3, -0.25) is 28.7 Å². The summed E-state index contributed by atoms with van der Waals surface area (Å²) in [6, 6.07) is 19.1. The first kappa shape index (κ1) is 24.6. The lowest BCUT2D eigenvalue weighted by molar-refractivity contribution is -0.122. The van der Waals surface area contributed by atoms with Gasteiger partial charge in [-0.05, 0) is 48.0 Å². The second kappa shape index (κ2) is 9.86. The van der Waals surface area contributed by atoms with Crippen molar-refractivity contribution in [1.29, 1.82) is 0 Å². The van der Waals surface area contributed by atoms with E-state index in [2.05, 4.69) is 10.3 Å². The third kappa shape index (κ3) is 4.24. The number of hydrogen-bond acceptors (Lipinski definition) is 7. The number of hydrogen-bond donors (Lipinski definition) is 1. The van der Waals surface area contributed by atoms with E-state index in [0.29, 0.717) is 26.3 Å². The van der Waals surface area contributed by atoms with Gasteiger partial charge in [-0.1, -0.05) is 59.0 Å². The number of thioether (sulfide) groups is 1. The molecule has 2 aliphatic rings. The molecule has 0 aliphatic carbocycles. The summed E-state index contributed by atoms with van der Waals surface area (Å²) in [5.41, 5.74) is 1.78. The minimum absolute atomic E-state index is 0.216. The van der Waals surface area contributed by atoms with E-state index in [4.69, 9.17) is 11.6 Å². The third-order valence-corrected chi connectivity index (χ3v) is 9.39. The lowest BCUT2D eigenvalue weighted by Crippen LogP contribution is -2.33. The fourth-order valence-corrected chi connectivity index (χ4v) is 7.78. The molecule has 2 aliphatic heterocycles. The molecule has 38 heavy (non-hydrogen) atoms. The number of nitrogens with zero attached hydrogens (tertiary/aromatic N) is 3. The van der Waals surface area contributed by atoms with Crippen LogP contribution >= 0.6 is 34.7 Å². The van der Waals surface area contributed by atoms with Gasteiger partial charge in [-0.25, -0.2) is 4.90 Å². The molecule has 0 spiro atoms. The highest BCUT2D eigenvalue weighted by atomic mass is 35.5. The molecule has 3 atom stereocenters. The first-order chi connectivity index (χ1) is 18.4. The van der Waals surface area contributed by atoms with Crippen LogP contribution in [0, 0.1) is 5.92 Å². The SMILES string of the molecule is O=C(Cn1c2c(sc1=O)[C@@H](c1cccnc1)[C@@H]1C(=O)N(c3ccc(Cl)cc3)C(=O)[C@@H]1S2)Nc1ccccc1. The van der Waals surface area contributed by atoms with Crippen LogP contribution < -0.4 is 15.1 Å². The first-order valence-electron chi connectivity index (χ1n) is 11.7. The molecule has 0 unspecified atom stereocenters. The van der Waals surface area contributed by atoms with Crippen LogP contribution in [-0.2, 0) is 20.9 Å². The normalized spacial score (nSPS) is 20.2. The molecule has 2 aromatic carbocycles. The second-order valence-corrected chi connectivity index (χ2v) is 11.4. The van der Waals surface area contributed by atoms with Crippen LogP contribution in [0.3, 0.4) is 0 Å². The van der Waals surface area contributed by atoms with Crippen molar-refractivity contribution in [1.82, 2.24) is 9.55 Å². The highest BCUT2D eigenvalue weighted by Gasteiger charge is 2.56. The van der Waals surface area contributed by atoms with Gasteiger partial charge in [0.1, 0.15) is 11.8 Å². The van der Waals surface area contributed by atoms with Crippen molar-refractivity contribution in [3.63, 3.8) is 0 Å². The molecule has 3 amide bonds. The van der Waals surface area contributed by atoms with Crippen molar-refractivity contribution < 1.29 is 14.4 Å². The summed E-state index contributed by atoms with van der Waals surface area (Å²) in [5, 5.41) is 3.05. The van der Waals surface area contributed by atoms with Crippen molar-refractivity contribution in [3.8, 4) is 0 Å². The van der Waals surface area contributed by atoms with E-state index in [-0.39, 0.29) is 29.1 Å². The van der Waals surface area contributed by atoms with Gasteiger partial charge in [0.25, 0.3) is 0 Å². The molecular formula is C27H19ClN4O4S2. The molecule has 1 saturated heterocycles. The highest BCUT2D eigenvalue weighted by molar-refractivity contribution is 8.00. The molecular weight excluding hydrogens is 544 g/mol. The van der Waals surface area contributed by atoms with Gasteiger partial charge in [0.05, 0.1) is 16.6 Å². The minimum Gasteiger partial charge on any atom is -0.325 e. The van der Waals surface area contributed by atoms with Gasteiger partial charge in [0.15, 0.2) is 0 Å². The van der Waals surface area contributed by atoms with Crippen LogP contribution in [0.4, 0.5) is 11.4 Å². The average Bonchev–Trinajstić information content (AvgIpc) is 3.36. The molecule has 11 heteroatoms. The van der Waals surface area contributed by atoms with Gasteiger partial charge in [-0.2, -0.15) is 0 Å². The zero-order valence-corrected chi connectivity index (χ0v) is 22.0. The summed E-state index contributed by atoms with van der Waals surface area (Å²) < 4.78 is 1.39. The number of rotatable bonds is 5. The molecule has 0 radical (unpaired) electrons. The Bertz CT molecular complexity index is 1610. The number of aromatic nitrogens is 2. The number of halogens is 1. The van der Waals surface area contributed by atoms with Crippen LogP contribution in [0.2, 0.25) is 5.02 Å². The smallest absolute Gasteiger partial charge is 0.308 e.